The van der Waals surface area contributed by atoms with Gasteiger partial charge in [-0.05, 0) is 31.4 Å². The summed E-state index contributed by atoms with van der Waals surface area (Å²) in [5, 5.41) is 11.5. The molecular weight excluding hydrogens is 448 g/mol. The Morgan fingerprint density at radius 1 is 1.23 bits per heavy atom. The first-order chi connectivity index (χ1) is 16.9. The Morgan fingerprint density at radius 2 is 2.03 bits per heavy atom. The van der Waals surface area contributed by atoms with Gasteiger partial charge in [-0.1, -0.05) is 24.1 Å². The number of rotatable bonds is 4. The summed E-state index contributed by atoms with van der Waals surface area (Å²) in [6, 6.07) is 7.44. The maximum atomic E-state index is 13.7. The molecule has 0 aliphatic carbocycles. The zero-order valence-corrected chi connectivity index (χ0v) is 19.8. The van der Waals surface area contributed by atoms with E-state index in [-0.39, 0.29) is 37.0 Å². The fraction of sp³-hybridized carbons (Fsp3) is 0.417. The van der Waals surface area contributed by atoms with Crippen molar-refractivity contribution in [3.8, 4) is 11.8 Å². The van der Waals surface area contributed by atoms with Gasteiger partial charge < -0.3 is 10.6 Å². The molecule has 2 aromatic heterocycles. The van der Waals surface area contributed by atoms with Gasteiger partial charge in [0.25, 0.3) is 5.56 Å². The number of aryl methyl sites for hydroxylation is 1. The van der Waals surface area contributed by atoms with E-state index in [1.54, 1.807) is 18.5 Å². The fourth-order valence-electron chi connectivity index (χ4n) is 4.70. The van der Waals surface area contributed by atoms with Gasteiger partial charge in [-0.25, -0.2) is 14.9 Å². The highest BCUT2D eigenvalue weighted by Crippen LogP contribution is 2.26. The molecule has 0 spiro atoms. The highest BCUT2D eigenvalue weighted by atomic mass is 16.5. The summed E-state index contributed by atoms with van der Waals surface area (Å²) in [6.07, 6.45) is 1.85. The number of piperidine rings is 1. The molecule has 1 atom stereocenters. The number of nitrogens with two attached hydrogens (primary N) is 1. The van der Waals surface area contributed by atoms with Crippen LogP contribution in [0.15, 0.2) is 38.8 Å². The summed E-state index contributed by atoms with van der Waals surface area (Å²) in [6.45, 7) is 3.39. The number of amidine groups is 1. The number of benzene rings is 1. The summed E-state index contributed by atoms with van der Waals surface area (Å²) < 4.78 is 4.21. The van der Waals surface area contributed by atoms with Crippen LogP contribution in [-0.2, 0) is 26.7 Å². The lowest BCUT2D eigenvalue weighted by Crippen LogP contribution is -2.45. The van der Waals surface area contributed by atoms with Gasteiger partial charge in [0.15, 0.2) is 11.2 Å². The molecular formula is C24H28N8O3. The van der Waals surface area contributed by atoms with Crippen LogP contribution in [0.25, 0.3) is 11.2 Å². The lowest BCUT2D eigenvalue weighted by atomic mass is 10.1. The number of hydroxylamine groups is 2. The molecule has 0 bridgehead atoms. The smallest absolute Gasteiger partial charge is 0.332 e. The molecule has 1 saturated heterocycles. The second-order valence-corrected chi connectivity index (χ2v) is 8.89. The molecule has 0 unspecified atom stereocenters. The molecule has 0 amide bonds. The molecule has 11 nitrogen and oxygen atoms in total. The van der Waals surface area contributed by atoms with E-state index in [1.807, 2.05) is 24.3 Å². The second kappa shape index (κ2) is 9.05. The molecule has 2 aliphatic rings. The molecule has 4 heterocycles. The van der Waals surface area contributed by atoms with Crippen LogP contribution in [0.4, 0.5) is 11.6 Å². The van der Waals surface area contributed by atoms with E-state index < -0.39 is 11.2 Å². The third-order valence-electron chi connectivity index (χ3n) is 6.53. The summed E-state index contributed by atoms with van der Waals surface area (Å²) in [5.74, 6) is 6.68. The predicted octanol–water partition coefficient (Wildman–Crippen LogP) is 0.783. The van der Waals surface area contributed by atoms with Gasteiger partial charge >= 0.3 is 5.69 Å². The lowest BCUT2D eigenvalue weighted by molar-refractivity contribution is -0.0273. The third kappa shape index (κ3) is 4.00. The van der Waals surface area contributed by atoms with Crippen LogP contribution in [0.3, 0.4) is 0 Å². The van der Waals surface area contributed by atoms with E-state index in [9.17, 15) is 14.8 Å². The Hall–Kier alpha value is -3.88. The van der Waals surface area contributed by atoms with E-state index in [4.69, 9.17) is 10.7 Å². The monoisotopic (exact) mass is 476 g/mol. The molecule has 3 N–H and O–H groups in total. The van der Waals surface area contributed by atoms with E-state index in [1.165, 1.54) is 4.57 Å². The Morgan fingerprint density at radius 3 is 2.80 bits per heavy atom. The van der Waals surface area contributed by atoms with Crippen molar-refractivity contribution >= 4 is 28.6 Å². The van der Waals surface area contributed by atoms with Gasteiger partial charge in [-0.3, -0.25) is 23.7 Å². The zero-order chi connectivity index (χ0) is 24.7. The first-order valence-electron chi connectivity index (χ1n) is 11.6. The minimum Gasteiger partial charge on any atom is -0.341 e. The predicted molar refractivity (Wildman–Crippen MR) is 133 cm³/mol. The largest absolute Gasteiger partial charge is 0.341 e. The topological polar surface area (TPSA) is 127 Å². The van der Waals surface area contributed by atoms with Gasteiger partial charge in [-0.2, -0.15) is 4.98 Å². The van der Waals surface area contributed by atoms with Crippen molar-refractivity contribution in [3.05, 3.63) is 50.7 Å². The number of aliphatic imine (C=N–C) groups is 1. The number of imidazole rings is 1. The Labute approximate surface area is 201 Å². The highest BCUT2D eigenvalue weighted by molar-refractivity contribution is 5.86. The number of hydrogen-bond acceptors (Lipinski definition) is 8. The molecule has 182 valence electrons. The van der Waals surface area contributed by atoms with Crippen LogP contribution in [0, 0.1) is 11.8 Å². The first-order valence-corrected chi connectivity index (χ1v) is 11.6. The van der Waals surface area contributed by atoms with Crippen LogP contribution < -0.4 is 21.9 Å². The van der Waals surface area contributed by atoms with Gasteiger partial charge in [0.05, 0.1) is 25.3 Å². The van der Waals surface area contributed by atoms with E-state index in [0.717, 1.165) is 34.6 Å². The Bertz CT molecular complexity index is 1500. The van der Waals surface area contributed by atoms with E-state index >= 15 is 0 Å². The zero-order valence-electron chi connectivity index (χ0n) is 19.8. The molecule has 3 aromatic rings. The highest BCUT2D eigenvalue weighted by Gasteiger charge is 2.27. The third-order valence-corrected chi connectivity index (χ3v) is 6.53. The standard InChI is InChI=1S/C24H28N8O3/c1-3-4-12-30-20-21(27-23(30)29-11-7-9-17(25)14-29)28(2)24(34)31(22(20)33)15-19-26-18-10-6-5-8-16(18)13-32(19)35/h5-6,8,10,17,35H,7,9,11-15,25H2,1-2H3/t17-/m1/s1. The molecule has 1 aromatic carbocycles. The number of aromatic nitrogens is 4. The Kier molecular flexibility index (Phi) is 5.92. The van der Waals surface area contributed by atoms with Crippen molar-refractivity contribution in [1.29, 1.82) is 0 Å². The van der Waals surface area contributed by atoms with E-state index in [0.29, 0.717) is 23.8 Å². The summed E-state index contributed by atoms with van der Waals surface area (Å²) in [7, 11) is 1.59. The minimum atomic E-state index is -0.537. The SMILES string of the molecule is CC#CCn1c(N2CCC[C@@H](N)C2)nc2c1c(=O)n(CC1=Nc3ccccc3CN1O)c(=O)n2C. The van der Waals surface area contributed by atoms with Crippen LogP contribution in [0.1, 0.15) is 25.3 Å². The van der Waals surface area contributed by atoms with Gasteiger partial charge in [0, 0.05) is 26.2 Å². The van der Waals surface area contributed by atoms with Gasteiger partial charge in [0.2, 0.25) is 5.95 Å². The minimum absolute atomic E-state index is 0.0116. The molecule has 5 rings (SSSR count). The van der Waals surface area contributed by atoms with Crippen LogP contribution in [-0.4, -0.2) is 53.9 Å². The number of hydrogen-bond donors (Lipinski definition) is 2. The summed E-state index contributed by atoms with van der Waals surface area (Å²) in [5.41, 5.74) is 7.29. The van der Waals surface area contributed by atoms with Crippen molar-refractivity contribution < 1.29 is 5.21 Å². The molecule has 0 radical (unpaired) electrons. The second-order valence-electron chi connectivity index (χ2n) is 8.89. The number of fused-ring (bicyclic) bond motifs is 2. The molecule has 0 saturated carbocycles. The molecule has 1 fully saturated rings. The quantitative estimate of drug-likeness (QED) is 0.533. The molecule has 35 heavy (non-hydrogen) atoms. The van der Waals surface area contributed by atoms with Gasteiger partial charge in [-0.15, -0.1) is 5.92 Å². The average molecular weight is 477 g/mol. The maximum absolute atomic E-state index is 13.7. The summed E-state index contributed by atoms with van der Waals surface area (Å²) >= 11 is 0. The molecule has 11 heteroatoms. The molecule has 2 aliphatic heterocycles. The lowest BCUT2D eigenvalue weighted by Gasteiger charge is -2.31. The first kappa shape index (κ1) is 22.9. The normalized spacial score (nSPS) is 17.7. The summed E-state index contributed by atoms with van der Waals surface area (Å²) in [4.78, 5) is 38.2. The maximum Gasteiger partial charge on any atom is 0.332 e. The van der Waals surface area contributed by atoms with Crippen LogP contribution in [0.5, 0.6) is 0 Å². The van der Waals surface area contributed by atoms with Crippen LogP contribution in [0.2, 0.25) is 0 Å². The van der Waals surface area contributed by atoms with Crippen molar-refractivity contribution in [2.75, 3.05) is 18.0 Å². The fourth-order valence-corrected chi connectivity index (χ4v) is 4.70. The number of para-hydroxylation sites is 1. The van der Waals surface area contributed by atoms with E-state index in [2.05, 4.69) is 21.7 Å². The average Bonchev–Trinajstić information content (AvgIpc) is 3.24. The van der Waals surface area contributed by atoms with Crippen LogP contribution >= 0.6 is 0 Å². The number of nitrogens with zero attached hydrogens (tertiary/aromatic N) is 7. The Balaban J connectivity index is 1.66. The van der Waals surface area contributed by atoms with Crippen molar-refractivity contribution in [1.82, 2.24) is 23.7 Å². The van der Waals surface area contributed by atoms with Crippen molar-refractivity contribution in [3.63, 3.8) is 0 Å². The van der Waals surface area contributed by atoms with Crippen molar-refractivity contribution in [2.45, 2.75) is 45.4 Å². The number of anilines is 1. The van der Waals surface area contributed by atoms with Gasteiger partial charge in [0.1, 0.15) is 5.84 Å². The van der Waals surface area contributed by atoms with Crippen molar-refractivity contribution in [2.24, 2.45) is 17.8 Å².